The quantitative estimate of drug-likeness (QED) is 0.507. The van der Waals surface area contributed by atoms with Crippen LogP contribution in [0.25, 0.3) is 0 Å². The Morgan fingerprint density at radius 3 is 2.83 bits per heavy atom. The van der Waals surface area contributed by atoms with E-state index in [4.69, 9.17) is 5.73 Å². The third-order valence-electron chi connectivity index (χ3n) is 1.99. The number of rotatable bonds is 0. The van der Waals surface area contributed by atoms with Crippen molar-refractivity contribution >= 4 is 12.6 Å². The van der Waals surface area contributed by atoms with Crippen molar-refractivity contribution in [3.63, 3.8) is 0 Å². The fourth-order valence-corrected chi connectivity index (χ4v) is 1.05. The monoisotopic (exact) mass is 166 g/mol. The van der Waals surface area contributed by atoms with Gasteiger partial charge in [-0.05, 0) is 20.6 Å². The average Bonchev–Trinajstić information content (AvgIpc) is 2.09. The van der Waals surface area contributed by atoms with Crippen molar-refractivity contribution in [1.29, 1.82) is 0 Å². The fourth-order valence-electron chi connectivity index (χ4n) is 1.05. The minimum absolute atomic E-state index is 0.217. The predicted octanol–water partition coefficient (Wildman–Crippen LogP) is 0.266. The summed E-state index contributed by atoms with van der Waals surface area (Å²) in [7, 11) is 0. The van der Waals surface area contributed by atoms with E-state index in [1.165, 1.54) is 6.20 Å². The van der Waals surface area contributed by atoms with Crippen molar-refractivity contribution in [2.24, 2.45) is 15.7 Å². The molecule has 4 nitrogen and oxygen atoms in total. The van der Waals surface area contributed by atoms with Crippen LogP contribution in [-0.4, -0.2) is 24.6 Å². The maximum atomic E-state index is 5.38. The van der Waals surface area contributed by atoms with Gasteiger partial charge in [0.15, 0.2) is 5.84 Å². The van der Waals surface area contributed by atoms with Gasteiger partial charge >= 0.3 is 0 Å². The van der Waals surface area contributed by atoms with Gasteiger partial charge in [0.25, 0.3) is 0 Å². The first-order valence-corrected chi connectivity index (χ1v) is 3.92. The largest absolute Gasteiger partial charge is 0.403 e. The molecule has 12 heavy (non-hydrogen) atoms. The van der Waals surface area contributed by atoms with Crippen LogP contribution in [0.15, 0.2) is 21.9 Å². The van der Waals surface area contributed by atoms with Crippen LogP contribution >= 0.6 is 0 Å². The first-order chi connectivity index (χ1) is 5.69. The van der Waals surface area contributed by atoms with E-state index in [2.05, 4.69) is 28.9 Å². The third kappa shape index (κ3) is 1.47. The van der Waals surface area contributed by atoms with Gasteiger partial charge in [-0.15, -0.1) is 0 Å². The summed E-state index contributed by atoms with van der Waals surface area (Å²) >= 11 is 0. The van der Waals surface area contributed by atoms with Gasteiger partial charge < -0.3 is 11.1 Å². The molecule has 0 amide bonds. The third-order valence-corrected chi connectivity index (χ3v) is 1.99. The van der Waals surface area contributed by atoms with Crippen LogP contribution in [-0.2, 0) is 0 Å². The first-order valence-electron chi connectivity index (χ1n) is 3.92. The second-order valence-electron chi connectivity index (χ2n) is 2.86. The van der Waals surface area contributed by atoms with Gasteiger partial charge in [0.05, 0.1) is 11.7 Å². The molecule has 0 fully saturated rings. The number of nitrogens with zero attached hydrogens (tertiary/aromatic N) is 2. The molecular weight excluding hydrogens is 152 g/mol. The van der Waals surface area contributed by atoms with Crippen LogP contribution in [0.5, 0.6) is 0 Å². The van der Waals surface area contributed by atoms with E-state index >= 15 is 0 Å². The zero-order valence-electron chi connectivity index (χ0n) is 7.41. The summed E-state index contributed by atoms with van der Waals surface area (Å²) in [4.78, 5) is 8.08. The van der Waals surface area contributed by atoms with E-state index in [1.54, 1.807) is 0 Å². The standard InChI is InChI=1S/C8H14N4/c1-5-6(2)12-8(10-3)7(4-9)11-5/h4-6,11H,3,9H2,1-2H3. The van der Waals surface area contributed by atoms with Gasteiger partial charge in [-0.25, -0.2) is 4.99 Å². The Hall–Kier alpha value is -1.32. The van der Waals surface area contributed by atoms with Gasteiger partial charge in [-0.2, -0.15) is 0 Å². The zero-order valence-corrected chi connectivity index (χ0v) is 7.41. The molecule has 1 aliphatic rings. The summed E-state index contributed by atoms with van der Waals surface area (Å²) < 4.78 is 0. The SMILES string of the molecule is C=NC1=NC(C)C(C)NC1=CN. The zero-order chi connectivity index (χ0) is 9.14. The normalized spacial score (nSPS) is 32.5. The van der Waals surface area contributed by atoms with E-state index in [1.807, 2.05) is 6.92 Å². The van der Waals surface area contributed by atoms with Crippen molar-refractivity contribution < 1.29 is 0 Å². The Kier molecular flexibility index (Phi) is 2.47. The summed E-state index contributed by atoms with van der Waals surface area (Å²) in [5.41, 5.74) is 6.14. The molecule has 0 spiro atoms. The molecule has 0 aromatic rings. The molecule has 4 heteroatoms. The highest BCUT2D eigenvalue weighted by Crippen LogP contribution is 2.10. The number of hydrogen-bond donors (Lipinski definition) is 2. The lowest BCUT2D eigenvalue weighted by Crippen LogP contribution is -2.41. The van der Waals surface area contributed by atoms with Crippen LogP contribution < -0.4 is 11.1 Å². The van der Waals surface area contributed by atoms with Crippen molar-refractivity contribution in [1.82, 2.24) is 5.32 Å². The molecule has 2 atom stereocenters. The van der Waals surface area contributed by atoms with E-state index in [-0.39, 0.29) is 6.04 Å². The maximum Gasteiger partial charge on any atom is 0.172 e. The predicted molar refractivity (Wildman–Crippen MR) is 51.3 cm³/mol. The molecule has 1 rings (SSSR count). The number of aliphatic imine (C=N–C) groups is 2. The molecule has 0 radical (unpaired) electrons. The van der Waals surface area contributed by atoms with Crippen LogP contribution in [0.1, 0.15) is 13.8 Å². The molecule has 0 aliphatic carbocycles. The molecule has 0 aromatic heterocycles. The van der Waals surface area contributed by atoms with Crippen molar-refractivity contribution in [2.45, 2.75) is 25.9 Å². The first kappa shape index (κ1) is 8.77. The highest BCUT2D eigenvalue weighted by Gasteiger charge is 2.20. The van der Waals surface area contributed by atoms with E-state index in [0.717, 1.165) is 5.70 Å². The summed E-state index contributed by atoms with van der Waals surface area (Å²) in [5, 5.41) is 3.19. The molecule has 2 unspecified atom stereocenters. The van der Waals surface area contributed by atoms with Crippen LogP contribution in [0, 0.1) is 0 Å². The van der Waals surface area contributed by atoms with Gasteiger partial charge in [-0.1, -0.05) is 0 Å². The van der Waals surface area contributed by atoms with Crippen molar-refractivity contribution in [3.05, 3.63) is 11.9 Å². The molecule has 0 saturated carbocycles. The summed E-state index contributed by atoms with van der Waals surface area (Å²) in [5.74, 6) is 0.600. The lowest BCUT2D eigenvalue weighted by atomic mass is 10.1. The van der Waals surface area contributed by atoms with Crippen LogP contribution in [0.2, 0.25) is 0 Å². The highest BCUT2D eigenvalue weighted by molar-refractivity contribution is 6.01. The molecule has 1 aliphatic heterocycles. The topological polar surface area (TPSA) is 62.8 Å². The van der Waals surface area contributed by atoms with Gasteiger partial charge in [0.1, 0.15) is 0 Å². The number of nitrogens with one attached hydrogen (secondary N) is 1. The maximum absolute atomic E-state index is 5.38. The van der Waals surface area contributed by atoms with Gasteiger partial charge in [0, 0.05) is 12.2 Å². The molecule has 3 N–H and O–H groups in total. The second kappa shape index (κ2) is 3.38. The number of nitrogens with two attached hydrogens (primary N) is 1. The summed E-state index contributed by atoms with van der Waals surface area (Å²) in [6, 6.07) is 0.513. The minimum atomic E-state index is 0.217. The molecule has 66 valence electrons. The van der Waals surface area contributed by atoms with Crippen LogP contribution in [0.4, 0.5) is 0 Å². The van der Waals surface area contributed by atoms with Crippen molar-refractivity contribution in [3.8, 4) is 0 Å². The van der Waals surface area contributed by atoms with Gasteiger partial charge in [-0.3, -0.25) is 4.99 Å². The van der Waals surface area contributed by atoms with Crippen LogP contribution in [0.3, 0.4) is 0 Å². The lowest BCUT2D eigenvalue weighted by Gasteiger charge is -2.26. The Labute approximate surface area is 72.3 Å². The fraction of sp³-hybridized carbons (Fsp3) is 0.500. The molecule has 0 aromatic carbocycles. The Morgan fingerprint density at radius 1 is 1.67 bits per heavy atom. The highest BCUT2D eigenvalue weighted by atomic mass is 15.1. The smallest absolute Gasteiger partial charge is 0.172 e. The summed E-state index contributed by atoms with van der Waals surface area (Å²) in [6.45, 7) is 7.50. The molecule has 1 heterocycles. The Morgan fingerprint density at radius 2 is 2.33 bits per heavy atom. The lowest BCUT2D eigenvalue weighted by molar-refractivity contribution is 0.514. The molecule has 0 saturated heterocycles. The second-order valence-corrected chi connectivity index (χ2v) is 2.86. The van der Waals surface area contributed by atoms with E-state index in [9.17, 15) is 0 Å². The summed E-state index contributed by atoms with van der Waals surface area (Å²) in [6.07, 6.45) is 1.47. The van der Waals surface area contributed by atoms with E-state index in [0.29, 0.717) is 11.9 Å². The Balaban J connectivity index is 2.95. The van der Waals surface area contributed by atoms with Gasteiger partial charge in [0.2, 0.25) is 0 Å². The average molecular weight is 166 g/mol. The number of hydrogen-bond acceptors (Lipinski definition) is 4. The van der Waals surface area contributed by atoms with E-state index < -0.39 is 0 Å². The Bertz CT molecular complexity index is 241. The minimum Gasteiger partial charge on any atom is -0.403 e. The molecule has 0 bridgehead atoms. The number of amidine groups is 1. The molecular formula is C8H14N4. The van der Waals surface area contributed by atoms with Crippen molar-refractivity contribution in [2.75, 3.05) is 0 Å².